The van der Waals surface area contributed by atoms with E-state index in [9.17, 15) is 9.59 Å². The molecule has 7 nitrogen and oxygen atoms in total. The highest BCUT2D eigenvalue weighted by Gasteiger charge is 2.15. The lowest BCUT2D eigenvalue weighted by molar-refractivity contribution is 0.102. The van der Waals surface area contributed by atoms with Crippen LogP contribution in [0.3, 0.4) is 0 Å². The highest BCUT2D eigenvalue weighted by molar-refractivity contribution is 6.05. The van der Waals surface area contributed by atoms with E-state index < -0.39 is 0 Å². The Hall–Kier alpha value is -4.00. The highest BCUT2D eigenvalue weighted by atomic mass is 16.1. The van der Waals surface area contributed by atoms with E-state index in [1.165, 1.54) is 6.07 Å². The SMILES string of the molecule is Cc1c(C(=O)Nc2cccc(-c3ccc(=O)[nH]n3)c2)cnn1-c1ccccc1. The molecule has 0 spiro atoms. The summed E-state index contributed by atoms with van der Waals surface area (Å²) in [6, 6.07) is 20.0. The van der Waals surface area contributed by atoms with Gasteiger partial charge in [-0.05, 0) is 37.3 Å². The molecule has 4 aromatic rings. The van der Waals surface area contributed by atoms with E-state index in [1.807, 2.05) is 49.4 Å². The van der Waals surface area contributed by atoms with Crippen molar-refractivity contribution in [3.05, 3.63) is 94.5 Å². The second kappa shape index (κ2) is 7.32. The summed E-state index contributed by atoms with van der Waals surface area (Å²) >= 11 is 0. The van der Waals surface area contributed by atoms with Gasteiger partial charge < -0.3 is 5.32 Å². The number of hydrogen-bond donors (Lipinski definition) is 2. The standard InChI is InChI=1S/C21H17N5O2/c1-14-18(13-22-26(14)17-8-3-2-4-9-17)21(28)23-16-7-5-6-15(12-16)19-10-11-20(27)25-24-19/h2-13H,1H3,(H,23,28)(H,25,27). The number of aromatic nitrogens is 4. The van der Waals surface area contributed by atoms with Crippen LogP contribution in [0, 0.1) is 6.92 Å². The van der Waals surface area contributed by atoms with Crippen LogP contribution in [0.15, 0.2) is 77.7 Å². The number of amides is 1. The molecule has 28 heavy (non-hydrogen) atoms. The highest BCUT2D eigenvalue weighted by Crippen LogP contribution is 2.21. The molecule has 0 radical (unpaired) electrons. The van der Waals surface area contributed by atoms with E-state index in [1.54, 1.807) is 29.1 Å². The van der Waals surface area contributed by atoms with E-state index in [0.717, 1.165) is 16.9 Å². The smallest absolute Gasteiger partial charge is 0.264 e. The molecule has 0 fully saturated rings. The molecule has 4 rings (SSSR count). The Bertz CT molecular complexity index is 1170. The summed E-state index contributed by atoms with van der Waals surface area (Å²) in [5.41, 5.74) is 3.90. The van der Waals surface area contributed by atoms with E-state index >= 15 is 0 Å². The fraction of sp³-hybridized carbons (Fsp3) is 0.0476. The van der Waals surface area contributed by atoms with Crippen LogP contribution in [0.5, 0.6) is 0 Å². The van der Waals surface area contributed by atoms with Crippen molar-refractivity contribution in [2.45, 2.75) is 6.92 Å². The second-order valence-corrected chi connectivity index (χ2v) is 6.23. The number of carbonyl (C=O) groups is 1. The summed E-state index contributed by atoms with van der Waals surface area (Å²) < 4.78 is 1.73. The van der Waals surface area contributed by atoms with Gasteiger partial charge >= 0.3 is 0 Å². The van der Waals surface area contributed by atoms with Gasteiger partial charge in [-0.25, -0.2) is 9.78 Å². The number of hydrogen-bond acceptors (Lipinski definition) is 4. The Labute approximate surface area is 160 Å². The first kappa shape index (κ1) is 17.4. The lowest BCUT2D eigenvalue weighted by Gasteiger charge is -2.08. The molecule has 2 aromatic carbocycles. The molecule has 0 aliphatic heterocycles. The Morgan fingerprint density at radius 1 is 1.04 bits per heavy atom. The van der Waals surface area contributed by atoms with Gasteiger partial charge in [0.15, 0.2) is 0 Å². The first-order chi connectivity index (χ1) is 13.6. The molecule has 0 bridgehead atoms. The quantitative estimate of drug-likeness (QED) is 0.576. The summed E-state index contributed by atoms with van der Waals surface area (Å²) in [5.74, 6) is -0.244. The lowest BCUT2D eigenvalue weighted by atomic mass is 10.1. The third kappa shape index (κ3) is 3.45. The minimum absolute atomic E-state index is 0.244. The van der Waals surface area contributed by atoms with Gasteiger partial charge in [0.25, 0.3) is 11.5 Å². The third-order valence-electron chi connectivity index (χ3n) is 4.35. The first-order valence-electron chi connectivity index (χ1n) is 8.69. The molecule has 2 N–H and O–H groups in total. The van der Waals surface area contributed by atoms with Crippen molar-refractivity contribution < 1.29 is 4.79 Å². The van der Waals surface area contributed by atoms with Gasteiger partial charge in [0.1, 0.15) is 0 Å². The van der Waals surface area contributed by atoms with E-state index in [2.05, 4.69) is 20.6 Å². The van der Waals surface area contributed by atoms with Gasteiger partial charge in [-0.1, -0.05) is 30.3 Å². The number of rotatable bonds is 4. The average Bonchev–Trinajstić information content (AvgIpc) is 3.11. The molecule has 1 amide bonds. The Morgan fingerprint density at radius 3 is 2.61 bits per heavy atom. The minimum atomic E-state index is -0.265. The van der Waals surface area contributed by atoms with E-state index in [4.69, 9.17) is 0 Å². The van der Waals surface area contributed by atoms with Crippen LogP contribution < -0.4 is 10.9 Å². The van der Waals surface area contributed by atoms with Crippen LogP contribution in [0.4, 0.5) is 5.69 Å². The molecule has 0 atom stereocenters. The maximum Gasteiger partial charge on any atom is 0.264 e. The molecule has 0 aliphatic rings. The minimum Gasteiger partial charge on any atom is -0.322 e. The van der Waals surface area contributed by atoms with Crippen LogP contribution in [-0.4, -0.2) is 25.9 Å². The monoisotopic (exact) mass is 371 g/mol. The zero-order valence-electron chi connectivity index (χ0n) is 15.1. The fourth-order valence-corrected chi connectivity index (χ4v) is 2.92. The first-order valence-corrected chi connectivity index (χ1v) is 8.69. The molecule has 0 aliphatic carbocycles. The zero-order chi connectivity index (χ0) is 19.5. The number of anilines is 1. The van der Waals surface area contributed by atoms with Crippen molar-refractivity contribution in [3.8, 4) is 16.9 Å². The predicted molar refractivity (Wildman–Crippen MR) is 107 cm³/mol. The number of carbonyl (C=O) groups excluding carboxylic acids is 1. The van der Waals surface area contributed by atoms with Gasteiger partial charge in [-0.3, -0.25) is 9.59 Å². The normalized spacial score (nSPS) is 10.6. The average molecular weight is 371 g/mol. The summed E-state index contributed by atoms with van der Waals surface area (Å²) in [6.45, 7) is 1.86. The topological polar surface area (TPSA) is 92.7 Å². The van der Waals surface area contributed by atoms with E-state index in [-0.39, 0.29) is 11.5 Å². The lowest BCUT2D eigenvalue weighted by Crippen LogP contribution is -2.13. The van der Waals surface area contributed by atoms with Crippen molar-refractivity contribution in [1.82, 2.24) is 20.0 Å². The molecular formula is C21H17N5O2. The summed E-state index contributed by atoms with van der Waals surface area (Å²) in [6.07, 6.45) is 1.56. The van der Waals surface area contributed by atoms with Gasteiger partial charge in [0.2, 0.25) is 0 Å². The number of para-hydroxylation sites is 1. The fourth-order valence-electron chi connectivity index (χ4n) is 2.92. The summed E-state index contributed by atoms with van der Waals surface area (Å²) in [5, 5.41) is 13.6. The van der Waals surface area contributed by atoms with Crippen LogP contribution in [-0.2, 0) is 0 Å². The molecule has 138 valence electrons. The molecule has 0 saturated heterocycles. The van der Waals surface area contributed by atoms with Crippen molar-refractivity contribution >= 4 is 11.6 Å². The van der Waals surface area contributed by atoms with Crippen molar-refractivity contribution in [3.63, 3.8) is 0 Å². The molecular weight excluding hydrogens is 354 g/mol. The van der Waals surface area contributed by atoms with Crippen LogP contribution in [0.25, 0.3) is 16.9 Å². The summed E-state index contributed by atoms with van der Waals surface area (Å²) in [7, 11) is 0. The molecule has 2 aromatic heterocycles. The second-order valence-electron chi connectivity index (χ2n) is 6.23. The Morgan fingerprint density at radius 2 is 1.86 bits per heavy atom. The number of H-pyrrole nitrogens is 1. The largest absolute Gasteiger partial charge is 0.322 e. The van der Waals surface area contributed by atoms with Crippen LogP contribution in [0.1, 0.15) is 16.1 Å². The molecule has 0 saturated carbocycles. The number of benzene rings is 2. The van der Waals surface area contributed by atoms with Crippen molar-refractivity contribution in [2.24, 2.45) is 0 Å². The van der Waals surface area contributed by atoms with Gasteiger partial charge in [0.05, 0.1) is 28.8 Å². The predicted octanol–water partition coefficient (Wildman–Crippen LogP) is 3.18. The van der Waals surface area contributed by atoms with Crippen LogP contribution >= 0.6 is 0 Å². The molecule has 2 heterocycles. The molecule has 0 unspecified atom stereocenters. The number of aromatic amines is 1. The van der Waals surface area contributed by atoms with Gasteiger partial charge in [0, 0.05) is 17.3 Å². The van der Waals surface area contributed by atoms with Gasteiger partial charge in [-0.2, -0.15) is 10.2 Å². The van der Waals surface area contributed by atoms with E-state index in [0.29, 0.717) is 16.9 Å². The maximum absolute atomic E-state index is 12.7. The Kier molecular flexibility index (Phi) is 4.55. The van der Waals surface area contributed by atoms with Crippen LogP contribution in [0.2, 0.25) is 0 Å². The zero-order valence-corrected chi connectivity index (χ0v) is 15.1. The molecule has 7 heteroatoms. The number of nitrogens with one attached hydrogen (secondary N) is 2. The van der Waals surface area contributed by atoms with Crippen molar-refractivity contribution in [2.75, 3.05) is 5.32 Å². The summed E-state index contributed by atoms with van der Waals surface area (Å²) in [4.78, 5) is 23.9. The number of nitrogens with zero attached hydrogens (tertiary/aromatic N) is 3. The maximum atomic E-state index is 12.7. The Balaban J connectivity index is 1.58. The van der Waals surface area contributed by atoms with Gasteiger partial charge in [-0.15, -0.1) is 0 Å². The van der Waals surface area contributed by atoms with Crippen molar-refractivity contribution in [1.29, 1.82) is 0 Å². The third-order valence-corrected chi connectivity index (χ3v) is 4.35.